The van der Waals surface area contributed by atoms with Crippen LogP contribution in [-0.2, 0) is 0 Å². The molecule has 0 amide bonds. The summed E-state index contributed by atoms with van der Waals surface area (Å²) in [6.45, 7) is 4.25. The molecule has 31 heavy (non-hydrogen) atoms. The van der Waals surface area contributed by atoms with E-state index in [0.29, 0.717) is 11.5 Å². The molecule has 0 aliphatic heterocycles. The van der Waals surface area contributed by atoms with E-state index in [-0.39, 0.29) is 17.1 Å². The minimum atomic E-state index is -0.553. The number of thiophene rings is 1. The highest BCUT2D eigenvalue weighted by atomic mass is 32.1. The summed E-state index contributed by atoms with van der Waals surface area (Å²) in [7, 11) is 0. The molecule has 158 valence electrons. The Labute approximate surface area is 183 Å². The van der Waals surface area contributed by atoms with Crippen LogP contribution in [0.5, 0.6) is 11.5 Å². The van der Waals surface area contributed by atoms with Crippen LogP contribution >= 0.6 is 11.3 Å². The third kappa shape index (κ3) is 4.45. The van der Waals surface area contributed by atoms with Crippen LogP contribution in [0.25, 0.3) is 21.2 Å². The number of phenols is 1. The lowest BCUT2D eigenvalue weighted by Crippen LogP contribution is -2.20. The van der Waals surface area contributed by atoms with Gasteiger partial charge in [-0.3, -0.25) is 4.79 Å². The highest BCUT2D eigenvalue weighted by molar-refractivity contribution is 7.21. The summed E-state index contributed by atoms with van der Waals surface area (Å²) in [4.78, 5) is 13.7. The van der Waals surface area contributed by atoms with E-state index < -0.39 is 5.82 Å². The van der Waals surface area contributed by atoms with Crippen molar-refractivity contribution in [1.82, 2.24) is 5.32 Å². The fourth-order valence-electron chi connectivity index (χ4n) is 3.44. The van der Waals surface area contributed by atoms with Gasteiger partial charge in [0.15, 0.2) is 0 Å². The molecule has 0 atom stereocenters. The van der Waals surface area contributed by atoms with Gasteiger partial charge in [-0.2, -0.15) is 0 Å². The molecule has 4 rings (SSSR count). The molecule has 0 saturated carbocycles. The smallest absolute Gasteiger partial charge is 0.206 e. The van der Waals surface area contributed by atoms with E-state index in [2.05, 4.69) is 5.32 Å². The maximum Gasteiger partial charge on any atom is 0.206 e. The van der Waals surface area contributed by atoms with Crippen molar-refractivity contribution in [3.63, 3.8) is 0 Å². The first-order valence-corrected chi connectivity index (χ1v) is 10.9. The molecule has 2 N–H and O–H groups in total. The van der Waals surface area contributed by atoms with Crippen molar-refractivity contribution in [1.29, 1.82) is 0 Å². The minimum absolute atomic E-state index is 0.0305. The molecular weight excluding hydrogens is 413 g/mol. The molecule has 0 aliphatic carbocycles. The van der Waals surface area contributed by atoms with Crippen molar-refractivity contribution in [2.75, 3.05) is 19.7 Å². The predicted octanol–water partition coefficient (Wildman–Crippen LogP) is 5.63. The average molecular weight is 436 g/mol. The van der Waals surface area contributed by atoms with Gasteiger partial charge in [-0.25, -0.2) is 4.39 Å². The van der Waals surface area contributed by atoms with Gasteiger partial charge in [0.25, 0.3) is 0 Å². The first-order chi connectivity index (χ1) is 15.1. The van der Waals surface area contributed by atoms with Gasteiger partial charge in [-0.05, 0) is 54.6 Å². The zero-order chi connectivity index (χ0) is 21.8. The number of carbonyl (C=O) groups is 1. The van der Waals surface area contributed by atoms with Gasteiger partial charge in [-0.1, -0.05) is 31.2 Å². The van der Waals surface area contributed by atoms with Crippen molar-refractivity contribution >= 4 is 27.2 Å². The zero-order valence-electron chi connectivity index (χ0n) is 17.0. The van der Waals surface area contributed by atoms with Crippen LogP contribution in [-0.4, -0.2) is 30.6 Å². The Morgan fingerprint density at radius 3 is 2.61 bits per heavy atom. The number of ether oxygens (including phenoxy) is 1. The molecule has 3 aromatic carbocycles. The van der Waals surface area contributed by atoms with Crippen molar-refractivity contribution in [2.45, 2.75) is 6.92 Å². The quantitative estimate of drug-likeness (QED) is 0.278. The lowest BCUT2D eigenvalue weighted by Gasteiger charge is -2.09. The summed E-state index contributed by atoms with van der Waals surface area (Å²) in [6.07, 6.45) is 0. The fraction of sp³-hybridized carbons (Fsp3) is 0.160. The lowest BCUT2D eigenvalue weighted by molar-refractivity contribution is 0.103. The summed E-state index contributed by atoms with van der Waals surface area (Å²) < 4.78 is 20.8. The van der Waals surface area contributed by atoms with Gasteiger partial charge in [0.1, 0.15) is 23.9 Å². The number of halogens is 1. The van der Waals surface area contributed by atoms with E-state index in [4.69, 9.17) is 4.74 Å². The molecule has 0 spiro atoms. The molecular formula is C25H22FNO3S. The number of aromatic hydroxyl groups is 1. The largest absolute Gasteiger partial charge is 0.508 e. The van der Waals surface area contributed by atoms with E-state index in [1.807, 2.05) is 31.2 Å². The second-order valence-corrected chi connectivity index (χ2v) is 8.07. The molecule has 1 aromatic heterocycles. The Bertz CT molecular complexity index is 1220. The number of rotatable bonds is 8. The zero-order valence-corrected chi connectivity index (χ0v) is 17.8. The van der Waals surface area contributed by atoms with E-state index in [0.717, 1.165) is 40.1 Å². The number of carbonyl (C=O) groups excluding carboxylic acids is 1. The van der Waals surface area contributed by atoms with Gasteiger partial charge in [0, 0.05) is 22.2 Å². The first kappa shape index (κ1) is 21.0. The van der Waals surface area contributed by atoms with Crippen LogP contribution < -0.4 is 10.1 Å². The summed E-state index contributed by atoms with van der Waals surface area (Å²) >= 11 is 1.25. The second kappa shape index (κ2) is 9.29. The van der Waals surface area contributed by atoms with Gasteiger partial charge in [0.05, 0.1) is 10.4 Å². The van der Waals surface area contributed by atoms with Gasteiger partial charge < -0.3 is 15.2 Å². The lowest BCUT2D eigenvalue weighted by atomic mass is 9.98. The van der Waals surface area contributed by atoms with Crippen molar-refractivity contribution < 1.29 is 19.0 Å². The van der Waals surface area contributed by atoms with Crippen molar-refractivity contribution in [3.8, 4) is 22.6 Å². The van der Waals surface area contributed by atoms with Crippen LogP contribution in [0.3, 0.4) is 0 Å². The second-order valence-electron chi connectivity index (χ2n) is 7.02. The molecule has 0 saturated heterocycles. The normalized spacial score (nSPS) is 11.0. The monoisotopic (exact) mass is 435 g/mol. The summed E-state index contributed by atoms with van der Waals surface area (Å²) in [5.74, 6) is -0.0709. The van der Waals surface area contributed by atoms with E-state index in [9.17, 15) is 14.3 Å². The van der Waals surface area contributed by atoms with Gasteiger partial charge in [0.2, 0.25) is 5.78 Å². The Balaban J connectivity index is 1.75. The first-order valence-electron chi connectivity index (χ1n) is 10.1. The van der Waals surface area contributed by atoms with Crippen molar-refractivity contribution in [3.05, 3.63) is 83.0 Å². The summed E-state index contributed by atoms with van der Waals surface area (Å²) in [5.41, 5.74) is 1.59. The maximum atomic E-state index is 14.3. The van der Waals surface area contributed by atoms with Crippen LogP contribution in [0.1, 0.15) is 22.2 Å². The topological polar surface area (TPSA) is 58.6 Å². The Hall–Kier alpha value is -3.22. The highest BCUT2D eigenvalue weighted by Gasteiger charge is 2.23. The van der Waals surface area contributed by atoms with E-state index >= 15 is 0 Å². The molecule has 0 aliphatic rings. The van der Waals surface area contributed by atoms with Crippen LogP contribution in [0.4, 0.5) is 4.39 Å². The Morgan fingerprint density at radius 2 is 1.87 bits per heavy atom. The third-order valence-electron chi connectivity index (χ3n) is 4.94. The molecule has 4 nitrogen and oxygen atoms in total. The number of fused-ring (bicyclic) bond motifs is 1. The predicted molar refractivity (Wildman–Crippen MR) is 123 cm³/mol. The average Bonchev–Trinajstić information content (AvgIpc) is 3.15. The number of phenolic OH excluding ortho intramolecular Hbond substituents is 1. The summed E-state index contributed by atoms with van der Waals surface area (Å²) in [6, 6.07) is 18.5. The van der Waals surface area contributed by atoms with Crippen LogP contribution in [0, 0.1) is 5.82 Å². The third-order valence-corrected chi connectivity index (χ3v) is 6.09. The minimum Gasteiger partial charge on any atom is -0.508 e. The molecule has 1 heterocycles. The Kier molecular flexibility index (Phi) is 6.30. The summed E-state index contributed by atoms with van der Waals surface area (Å²) in [5, 5.41) is 13.9. The standard InChI is InChI=1S/C25H22FNO3S/c1-2-27-13-14-30-18-10-7-16(8-11-18)23-20-12-9-17(28)15-22(20)31-25(23)24(29)19-5-3-4-6-21(19)26/h3-12,15,27-28H,2,13-14H2,1H3. The molecule has 0 bridgehead atoms. The van der Waals surface area contributed by atoms with E-state index in [1.54, 1.807) is 30.3 Å². The van der Waals surface area contributed by atoms with Crippen molar-refractivity contribution in [2.24, 2.45) is 0 Å². The van der Waals surface area contributed by atoms with Gasteiger partial charge >= 0.3 is 0 Å². The number of hydrogen-bond donors (Lipinski definition) is 2. The number of likely N-dealkylation sites (N-methyl/N-ethyl adjacent to an activating group) is 1. The number of ketones is 1. The van der Waals surface area contributed by atoms with Crippen LogP contribution in [0.2, 0.25) is 0 Å². The number of hydrogen-bond acceptors (Lipinski definition) is 5. The molecule has 0 unspecified atom stereocenters. The van der Waals surface area contributed by atoms with Gasteiger partial charge in [-0.15, -0.1) is 11.3 Å². The molecule has 0 fully saturated rings. The maximum absolute atomic E-state index is 14.3. The fourth-order valence-corrected chi connectivity index (χ4v) is 4.65. The number of nitrogens with one attached hydrogen (secondary N) is 1. The Morgan fingerprint density at radius 1 is 1.10 bits per heavy atom. The number of benzene rings is 3. The highest BCUT2D eigenvalue weighted by Crippen LogP contribution is 2.41. The van der Waals surface area contributed by atoms with E-state index in [1.165, 1.54) is 23.5 Å². The molecule has 6 heteroatoms. The molecule has 0 radical (unpaired) electrons. The SMILES string of the molecule is CCNCCOc1ccc(-c2c(C(=O)c3ccccc3F)sc3cc(O)ccc23)cc1. The molecule has 4 aromatic rings. The van der Waals surface area contributed by atoms with Crippen LogP contribution in [0.15, 0.2) is 66.7 Å².